The van der Waals surface area contributed by atoms with Crippen LogP contribution in [-0.4, -0.2) is 18.6 Å². The van der Waals surface area contributed by atoms with E-state index in [0.717, 1.165) is 13.2 Å². The number of hydroxylamine groups is 1. The van der Waals surface area contributed by atoms with E-state index in [1.54, 1.807) is 0 Å². The lowest BCUT2D eigenvalue weighted by atomic mass is 10.8. The zero-order valence-electron chi connectivity index (χ0n) is 4.82. The Morgan fingerprint density at radius 2 is 2.00 bits per heavy atom. The van der Waals surface area contributed by atoms with Crippen LogP contribution < -0.4 is 5.48 Å². The van der Waals surface area contributed by atoms with Gasteiger partial charge in [-0.1, -0.05) is 6.92 Å². The van der Waals surface area contributed by atoms with Crippen LogP contribution >= 0.6 is 0 Å². The third kappa shape index (κ3) is 10.7. The summed E-state index contributed by atoms with van der Waals surface area (Å²) in [5.41, 5.74) is 2.70. The van der Waals surface area contributed by atoms with Gasteiger partial charge in [0, 0.05) is 6.54 Å². The Kier molecular flexibility index (Phi) is 13.3. The first-order valence-corrected chi connectivity index (χ1v) is 2.26. The molecule has 0 aromatic heterocycles. The van der Waals surface area contributed by atoms with Gasteiger partial charge in [0.25, 0.3) is 0 Å². The average molecular weight is 107 g/mol. The summed E-state index contributed by atoms with van der Waals surface area (Å²) in [6.45, 7) is 5.57. The smallest absolute Gasteiger partial charge is 0.0653 e. The van der Waals surface area contributed by atoms with Gasteiger partial charge in [0.05, 0.1) is 6.61 Å². The van der Waals surface area contributed by atoms with Crippen LogP contribution in [0.5, 0.6) is 0 Å². The van der Waals surface area contributed by atoms with Gasteiger partial charge in [-0.25, -0.2) is 5.48 Å². The standard InChI is InChI=1S/C4H11NO.H2O/c1-3-5-6-4-2;/h5H,3-4H2,1-2H3;1H2. The van der Waals surface area contributed by atoms with Crippen LogP contribution in [0.2, 0.25) is 0 Å². The van der Waals surface area contributed by atoms with Crippen LogP contribution in [0, 0.1) is 0 Å². The topological polar surface area (TPSA) is 52.8 Å². The molecular formula is C4H13NO2. The van der Waals surface area contributed by atoms with Crippen molar-refractivity contribution in [3.05, 3.63) is 0 Å². The van der Waals surface area contributed by atoms with Crippen LogP contribution in [0.25, 0.3) is 0 Å². The van der Waals surface area contributed by atoms with Gasteiger partial charge in [0.2, 0.25) is 0 Å². The van der Waals surface area contributed by atoms with Gasteiger partial charge in [-0.05, 0) is 6.92 Å². The molecule has 0 aromatic carbocycles. The summed E-state index contributed by atoms with van der Waals surface area (Å²) >= 11 is 0. The van der Waals surface area contributed by atoms with E-state index in [-0.39, 0.29) is 5.48 Å². The minimum Gasteiger partial charge on any atom is -0.412 e. The monoisotopic (exact) mass is 107 g/mol. The number of nitrogens with one attached hydrogen (secondary N) is 1. The number of hydrogen-bond acceptors (Lipinski definition) is 2. The summed E-state index contributed by atoms with van der Waals surface area (Å²) in [6, 6.07) is 0. The molecule has 0 aliphatic heterocycles. The molecule has 0 radical (unpaired) electrons. The molecule has 0 saturated carbocycles. The van der Waals surface area contributed by atoms with Crippen molar-refractivity contribution in [2.45, 2.75) is 13.8 Å². The summed E-state index contributed by atoms with van der Waals surface area (Å²) in [5, 5.41) is 0. The van der Waals surface area contributed by atoms with Crippen LogP contribution in [0.1, 0.15) is 13.8 Å². The van der Waals surface area contributed by atoms with E-state index in [1.807, 2.05) is 13.8 Å². The summed E-state index contributed by atoms with van der Waals surface area (Å²) in [7, 11) is 0. The first kappa shape index (κ1) is 9.99. The zero-order valence-corrected chi connectivity index (χ0v) is 4.82. The minimum absolute atomic E-state index is 0. The Morgan fingerprint density at radius 3 is 2.14 bits per heavy atom. The van der Waals surface area contributed by atoms with E-state index in [0.29, 0.717) is 0 Å². The Bertz CT molecular complexity index is 21.7. The van der Waals surface area contributed by atoms with E-state index in [1.165, 1.54) is 0 Å². The Balaban J connectivity index is 0. The van der Waals surface area contributed by atoms with Crippen LogP contribution in [0.4, 0.5) is 0 Å². The average Bonchev–Trinajstić information content (AvgIpc) is 1.61. The number of rotatable bonds is 3. The van der Waals surface area contributed by atoms with Gasteiger partial charge in [0.1, 0.15) is 0 Å². The highest BCUT2D eigenvalue weighted by molar-refractivity contribution is 4.12. The van der Waals surface area contributed by atoms with Crippen LogP contribution in [0.15, 0.2) is 0 Å². The summed E-state index contributed by atoms with van der Waals surface area (Å²) in [4.78, 5) is 4.73. The van der Waals surface area contributed by atoms with Gasteiger partial charge < -0.3 is 10.3 Å². The molecule has 0 amide bonds. The third-order valence-electron chi connectivity index (χ3n) is 0.391. The lowest BCUT2D eigenvalue weighted by Crippen LogP contribution is -2.12. The van der Waals surface area contributed by atoms with Crippen molar-refractivity contribution in [3.8, 4) is 0 Å². The van der Waals surface area contributed by atoms with E-state index >= 15 is 0 Å². The summed E-state index contributed by atoms with van der Waals surface area (Å²) in [5.74, 6) is 0. The fourth-order valence-corrected chi connectivity index (χ4v) is 0.204. The van der Waals surface area contributed by atoms with Gasteiger partial charge >= 0.3 is 0 Å². The first-order chi connectivity index (χ1) is 2.91. The van der Waals surface area contributed by atoms with E-state index in [4.69, 9.17) is 4.84 Å². The lowest BCUT2D eigenvalue weighted by Gasteiger charge is -1.94. The molecule has 0 fully saturated rings. The Labute approximate surface area is 43.9 Å². The van der Waals surface area contributed by atoms with Crippen LogP contribution in [0.3, 0.4) is 0 Å². The molecule has 0 aliphatic carbocycles. The molecule has 0 saturated heterocycles. The summed E-state index contributed by atoms with van der Waals surface area (Å²) in [6.07, 6.45) is 0. The predicted octanol–water partition coefficient (Wildman–Crippen LogP) is -0.277. The molecule has 0 aliphatic rings. The third-order valence-corrected chi connectivity index (χ3v) is 0.391. The maximum atomic E-state index is 4.73. The van der Waals surface area contributed by atoms with Crippen LogP contribution in [-0.2, 0) is 4.84 Å². The van der Waals surface area contributed by atoms with Crippen molar-refractivity contribution < 1.29 is 10.3 Å². The highest BCUT2D eigenvalue weighted by Gasteiger charge is 1.69. The second-order valence-electron chi connectivity index (χ2n) is 0.931. The Morgan fingerprint density at radius 1 is 1.43 bits per heavy atom. The fourth-order valence-electron chi connectivity index (χ4n) is 0.204. The predicted molar refractivity (Wildman–Crippen MR) is 28.9 cm³/mol. The molecule has 0 aromatic rings. The van der Waals surface area contributed by atoms with Crippen molar-refractivity contribution in [3.63, 3.8) is 0 Å². The quantitative estimate of drug-likeness (QED) is 0.398. The molecule has 0 heterocycles. The van der Waals surface area contributed by atoms with Crippen molar-refractivity contribution in [2.75, 3.05) is 13.2 Å². The molecule has 0 unspecified atom stereocenters. The van der Waals surface area contributed by atoms with Gasteiger partial charge in [0.15, 0.2) is 0 Å². The normalized spacial score (nSPS) is 7.71. The van der Waals surface area contributed by atoms with E-state index in [9.17, 15) is 0 Å². The number of hydrogen-bond donors (Lipinski definition) is 1. The van der Waals surface area contributed by atoms with Gasteiger partial charge in [-0.2, -0.15) is 0 Å². The second kappa shape index (κ2) is 9.30. The molecule has 0 atom stereocenters. The second-order valence-corrected chi connectivity index (χ2v) is 0.931. The lowest BCUT2D eigenvalue weighted by molar-refractivity contribution is 0.0547. The van der Waals surface area contributed by atoms with Gasteiger partial charge in [-0.15, -0.1) is 0 Å². The van der Waals surface area contributed by atoms with Crippen molar-refractivity contribution >= 4 is 0 Å². The Hall–Kier alpha value is -0.120. The van der Waals surface area contributed by atoms with Crippen molar-refractivity contribution in [1.29, 1.82) is 0 Å². The molecule has 0 rings (SSSR count). The van der Waals surface area contributed by atoms with E-state index < -0.39 is 0 Å². The fraction of sp³-hybridized carbons (Fsp3) is 1.00. The maximum Gasteiger partial charge on any atom is 0.0653 e. The van der Waals surface area contributed by atoms with Crippen molar-refractivity contribution in [2.24, 2.45) is 0 Å². The molecule has 3 N–H and O–H groups in total. The zero-order chi connectivity index (χ0) is 4.83. The van der Waals surface area contributed by atoms with Crippen molar-refractivity contribution in [1.82, 2.24) is 5.48 Å². The SMILES string of the molecule is CCNOCC.O. The largest absolute Gasteiger partial charge is 0.412 e. The molecule has 0 bridgehead atoms. The van der Waals surface area contributed by atoms with Gasteiger partial charge in [-0.3, -0.25) is 0 Å². The molecule has 3 nitrogen and oxygen atoms in total. The first-order valence-electron chi connectivity index (χ1n) is 2.26. The minimum atomic E-state index is 0. The highest BCUT2D eigenvalue weighted by atomic mass is 16.6. The van der Waals surface area contributed by atoms with E-state index in [2.05, 4.69) is 5.48 Å². The molecule has 3 heteroatoms. The molecular weight excluding hydrogens is 94.0 g/mol. The molecule has 7 heavy (non-hydrogen) atoms. The maximum absolute atomic E-state index is 4.73. The summed E-state index contributed by atoms with van der Waals surface area (Å²) < 4.78 is 0. The molecule has 46 valence electrons. The molecule has 0 spiro atoms. The highest BCUT2D eigenvalue weighted by Crippen LogP contribution is 1.58.